The number of unbranched alkanes of at least 4 members (excludes halogenated alkanes) is 41. The van der Waals surface area contributed by atoms with E-state index in [0.717, 1.165) is 103 Å². The smallest absolute Gasteiger partial charge is 0.306 e. The topological polar surface area (TPSA) is 78.9 Å². The van der Waals surface area contributed by atoms with Crippen molar-refractivity contribution >= 4 is 17.9 Å². The Bertz CT molecular complexity index is 1380. The van der Waals surface area contributed by atoms with E-state index in [1.807, 2.05) is 0 Å². The SMILES string of the molecule is CC/C=C\C/C=C\C/C=C\CCCCCCCC(=O)OC(COC(=O)CCCCCCCCCCCCCCCCC)COC(=O)CCCCCCCCCCCCCCCCCCC/C=C\C/C=C\CCCCCCC. The van der Waals surface area contributed by atoms with Gasteiger partial charge in [0.15, 0.2) is 6.10 Å². The van der Waals surface area contributed by atoms with Crippen molar-refractivity contribution in [3.8, 4) is 0 Å². The van der Waals surface area contributed by atoms with Gasteiger partial charge in [0.2, 0.25) is 0 Å². The van der Waals surface area contributed by atoms with Crippen LogP contribution in [0.5, 0.6) is 0 Å². The van der Waals surface area contributed by atoms with Gasteiger partial charge in [0.1, 0.15) is 13.2 Å². The summed E-state index contributed by atoms with van der Waals surface area (Å²) in [6.07, 6.45) is 83.9. The Morgan fingerprint density at radius 3 is 0.792 bits per heavy atom. The second-order valence-electron chi connectivity index (χ2n) is 22.7. The summed E-state index contributed by atoms with van der Waals surface area (Å²) in [6, 6.07) is 0. The van der Waals surface area contributed by atoms with Crippen LogP contribution in [0.15, 0.2) is 60.8 Å². The second kappa shape index (κ2) is 65.6. The van der Waals surface area contributed by atoms with E-state index >= 15 is 0 Å². The lowest BCUT2D eigenvalue weighted by molar-refractivity contribution is -0.167. The maximum Gasteiger partial charge on any atom is 0.306 e. The Balaban J connectivity index is 4.20. The predicted octanol–water partition coefficient (Wildman–Crippen LogP) is 23.1. The van der Waals surface area contributed by atoms with E-state index in [4.69, 9.17) is 14.2 Å². The predicted molar refractivity (Wildman–Crippen MR) is 335 cm³/mol. The number of hydrogen-bond acceptors (Lipinski definition) is 6. The van der Waals surface area contributed by atoms with Crippen molar-refractivity contribution in [1.82, 2.24) is 0 Å². The first kappa shape index (κ1) is 74.1. The van der Waals surface area contributed by atoms with Crippen LogP contribution in [0.1, 0.15) is 355 Å². The highest BCUT2D eigenvalue weighted by Gasteiger charge is 2.19. The van der Waals surface area contributed by atoms with Crippen LogP contribution in [-0.2, 0) is 28.6 Å². The Kier molecular flexibility index (Phi) is 63.2. The molecule has 0 aliphatic carbocycles. The average molecular weight is 1080 g/mol. The Hall–Kier alpha value is -2.89. The molecule has 6 heteroatoms. The highest BCUT2D eigenvalue weighted by atomic mass is 16.6. The van der Waals surface area contributed by atoms with Crippen molar-refractivity contribution in [3.05, 3.63) is 60.8 Å². The molecule has 77 heavy (non-hydrogen) atoms. The lowest BCUT2D eigenvalue weighted by Gasteiger charge is -2.18. The fraction of sp³-hybridized carbons (Fsp3) is 0.817. The molecule has 0 N–H and O–H groups in total. The van der Waals surface area contributed by atoms with Crippen molar-refractivity contribution in [3.63, 3.8) is 0 Å². The van der Waals surface area contributed by atoms with Gasteiger partial charge in [0.05, 0.1) is 0 Å². The van der Waals surface area contributed by atoms with Gasteiger partial charge in [0, 0.05) is 19.3 Å². The molecule has 0 radical (unpaired) electrons. The van der Waals surface area contributed by atoms with Gasteiger partial charge in [-0.3, -0.25) is 14.4 Å². The van der Waals surface area contributed by atoms with Crippen molar-refractivity contribution < 1.29 is 28.6 Å². The summed E-state index contributed by atoms with van der Waals surface area (Å²) >= 11 is 0. The summed E-state index contributed by atoms with van der Waals surface area (Å²) in [6.45, 7) is 6.56. The van der Waals surface area contributed by atoms with Crippen LogP contribution in [0.4, 0.5) is 0 Å². The van der Waals surface area contributed by atoms with Gasteiger partial charge < -0.3 is 14.2 Å². The van der Waals surface area contributed by atoms with E-state index in [0.29, 0.717) is 19.3 Å². The lowest BCUT2D eigenvalue weighted by atomic mass is 10.0. The highest BCUT2D eigenvalue weighted by Crippen LogP contribution is 2.18. The van der Waals surface area contributed by atoms with Crippen molar-refractivity contribution in [2.24, 2.45) is 0 Å². The molecule has 0 bridgehead atoms. The zero-order valence-electron chi connectivity index (χ0n) is 51.5. The molecule has 1 unspecified atom stereocenters. The third-order valence-electron chi connectivity index (χ3n) is 15.0. The van der Waals surface area contributed by atoms with Crippen LogP contribution in [-0.4, -0.2) is 37.2 Å². The summed E-state index contributed by atoms with van der Waals surface area (Å²) in [5, 5.41) is 0. The van der Waals surface area contributed by atoms with E-state index in [2.05, 4.69) is 81.5 Å². The first-order chi connectivity index (χ1) is 38.0. The van der Waals surface area contributed by atoms with E-state index in [1.165, 1.54) is 212 Å². The molecule has 0 aliphatic heterocycles. The summed E-state index contributed by atoms with van der Waals surface area (Å²) in [4.78, 5) is 38.3. The molecule has 1 atom stereocenters. The summed E-state index contributed by atoms with van der Waals surface area (Å²) in [5.41, 5.74) is 0. The third-order valence-corrected chi connectivity index (χ3v) is 15.0. The number of hydrogen-bond donors (Lipinski definition) is 0. The summed E-state index contributed by atoms with van der Waals surface area (Å²) < 4.78 is 16.9. The molecule has 0 aromatic rings. The molecule has 0 heterocycles. The first-order valence-electron chi connectivity index (χ1n) is 33.8. The molecule has 0 rings (SSSR count). The molecule has 0 amide bonds. The fourth-order valence-electron chi connectivity index (χ4n) is 9.96. The molecular formula is C71H128O6. The molecule has 0 fully saturated rings. The van der Waals surface area contributed by atoms with Crippen LogP contribution in [0.25, 0.3) is 0 Å². The maximum atomic E-state index is 12.9. The minimum Gasteiger partial charge on any atom is -0.462 e. The second-order valence-corrected chi connectivity index (χ2v) is 22.7. The number of esters is 3. The largest absolute Gasteiger partial charge is 0.462 e. The fourth-order valence-corrected chi connectivity index (χ4v) is 9.96. The molecule has 0 saturated heterocycles. The molecule has 6 nitrogen and oxygen atoms in total. The maximum absolute atomic E-state index is 12.9. The summed E-state index contributed by atoms with van der Waals surface area (Å²) in [5.74, 6) is -0.873. The van der Waals surface area contributed by atoms with Crippen molar-refractivity contribution in [2.45, 2.75) is 361 Å². The molecule has 0 saturated carbocycles. The van der Waals surface area contributed by atoms with Crippen molar-refractivity contribution in [2.75, 3.05) is 13.2 Å². The molecule has 448 valence electrons. The van der Waals surface area contributed by atoms with Gasteiger partial charge in [-0.2, -0.15) is 0 Å². The van der Waals surface area contributed by atoms with Gasteiger partial charge in [-0.05, 0) is 83.5 Å². The minimum atomic E-state index is -0.781. The van der Waals surface area contributed by atoms with Gasteiger partial charge in [-0.15, -0.1) is 0 Å². The number of carbonyl (C=O) groups is 3. The van der Waals surface area contributed by atoms with E-state index in [-0.39, 0.29) is 31.1 Å². The van der Waals surface area contributed by atoms with Gasteiger partial charge in [-0.25, -0.2) is 0 Å². The van der Waals surface area contributed by atoms with Gasteiger partial charge >= 0.3 is 17.9 Å². The molecule has 0 aromatic heterocycles. The van der Waals surface area contributed by atoms with Crippen LogP contribution in [0, 0.1) is 0 Å². The number of ether oxygens (including phenoxy) is 3. The first-order valence-corrected chi connectivity index (χ1v) is 33.8. The van der Waals surface area contributed by atoms with E-state index < -0.39 is 6.10 Å². The number of allylic oxidation sites excluding steroid dienone is 10. The van der Waals surface area contributed by atoms with Gasteiger partial charge in [-0.1, -0.05) is 313 Å². The lowest BCUT2D eigenvalue weighted by Crippen LogP contribution is -2.30. The highest BCUT2D eigenvalue weighted by molar-refractivity contribution is 5.71. The Labute approximate surface area is 479 Å². The molecular weight excluding hydrogens is 949 g/mol. The monoisotopic (exact) mass is 1080 g/mol. The number of rotatable bonds is 62. The number of carbonyl (C=O) groups excluding carboxylic acids is 3. The zero-order chi connectivity index (χ0) is 55.7. The molecule has 0 aromatic carbocycles. The van der Waals surface area contributed by atoms with E-state index in [1.54, 1.807) is 0 Å². The van der Waals surface area contributed by atoms with Crippen LogP contribution >= 0.6 is 0 Å². The van der Waals surface area contributed by atoms with Crippen LogP contribution < -0.4 is 0 Å². The van der Waals surface area contributed by atoms with Crippen molar-refractivity contribution in [1.29, 1.82) is 0 Å². The third kappa shape index (κ3) is 63.8. The Morgan fingerprint density at radius 2 is 0.506 bits per heavy atom. The van der Waals surface area contributed by atoms with E-state index in [9.17, 15) is 14.4 Å². The Morgan fingerprint density at radius 1 is 0.273 bits per heavy atom. The molecule has 0 spiro atoms. The van der Waals surface area contributed by atoms with Crippen LogP contribution in [0.2, 0.25) is 0 Å². The minimum absolute atomic E-state index is 0.0768. The van der Waals surface area contributed by atoms with Crippen LogP contribution in [0.3, 0.4) is 0 Å². The van der Waals surface area contributed by atoms with Gasteiger partial charge in [0.25, 0.3) is 0 Å². The quantitative estimate of drug-likeness (QED) is 0.0261. The zero-order valence-corrected chi connectivity index (χ0v) is 51.5. The normalized spacial score (nSPS) is 12.4. The average Bonchev–Trinajstić information content (AvgIpc) is 3.43. The summed E-state index contributed by atoms with van der Waals surface area (Å²) in [7, 11) is 0. The molecule has 0 aliphatic rings. The standard InChI is InChI=1S/C71H128O6/c1-4-7-10-13-16-19-22-25-28-29-30-31-32-33-34-35-36-37-38-39-40-41-44-46-49-52-55-58-61-64-70(73)76-67-68(77-71(74)65-62-59-56-53-50-47-43-27-24-21-18-15-12-9-6-3)66-75-69(72)63-60-57-54-51-48-45-42-26-23-20-17-14-11-8-5-2/h9,12,18,21-22,25,27,29-30,43,68H,4-8,10-11,13-17,19-20,23-24,26,28,31-42,44-67H2,1-3H3/b12-9-,21-18-,25-22-,30-29-,43-27-.